The van der Waals surface area contributed by atoms with Crippen molar-refractivity contribution in [2.45, 2.75) is 51.4 Å². The fourth-order valence-electron chi connectivity index (χ4n) is 2.71. The molecule has 0 amide bonds. The summed E-state index contributed by atoms with van der Waals surface area (Å²) in [6, 6.07) is 0. The number of hydrogen-bond donors (Lipinski definition) is 1. The summed E-state index contributed by atoms with van der Waals surface area (Å²) in [4.78, 5) is 4.88. The normalized spacial score (nSPS) is 24.3. The van der Waals surface area contributed by atoms with Crippen LogP contribution in [-0.2, 0) is 6.42 Å². The number of rotatable bonds is 1. The summed E-state index contributed by atoms with van der Waals surface area (Å²) in [7, 11) is 0. The van der Waals surface area contributed by atoms with Crippen LogP contribution in [0.15, 0.2) is 0 Å². The summed E-state index contributed by atoms with van der Waals surface area (Å²) in [5, 5.41) is 0. The Hall–Kier alpha value is -1.05. The van der Waals surface area contributed by atoms with Gasteiger partial charge in [0.1, 0.15) is 0 Å². The van der Waals surface area contributed by atoms with Crippen LogP contribution in [0.3, 0.4) is 0 Å². The second-order valence-electron chi connectivity index (χ2n) is 5.11. The molecule has 0 bridgehead atoms. The molecule has 2 nitrogen and oxygen atoms in total. The Morgan fingerprint density at radius 3 is 2.60 bits per heavy atom. The van der Waals surface area contributed by atoms with Gasteiger partial charge in [0.15, 0.2) is 0 Å². The largest absolute Gasteiger partial charge is 0.398 e. The van der Waals surface area contributed by atoms with Gasteiger partial charge in [0.25, 0.3) is 0 Å². The first-order valence-electron chi connectivity index (χ1n) is 5.97. The Kier molecular flexibility index (Phi) is 1.82. The summed E-state index contributed by atoms with van der Waals surface area (Å²) in [5.41, 5.74) is 12.4. The summed E-state index contributed by atoms with van der Waals surface area (Å²) in [5.74, 6) is 1.32. The van der Waals surface area contributed by atoms with Crippen LogP contribution >= 0.6 is 0 Å². The highest BCUT2D eigenvalue weighted by Gasteiger charge is 2.31. The lowest BCUT2D eigenvalue weighted by atomic mass is 10.0. The maximum atomic E-state index is 6.22. The highest BCUT2D eigenvalue weighted by Crippen LogP contribution is 2.45. The lowest BCUT2D eigenvalue weighted by Gasteiger charge is -2.13. The van der Waals surface area contributed by atoms with Crippen LogP contribution in [0.5, 0.6) is 0 Å². The average Bonchev–Trinajstić information content (AvgIpc) is 2.98. The third-order valence-corrected chi connectivity index (χ3v) is 3.92. The molecule has 0 radical (unpaired) electrons. The summed E-state index contributed by atoms with van der Waals surface area (Å²) in [6.07, 6.45) is 4.96. The van der Waals surface area contributed by atoms with E-state index in [0.29, 0.717) is 11.8 Å². The Bertz CT molecular complexity index is 418. The lowest BCUT2D eigenvalue weighted by molar-refractivity contribution is 0.726. The number of anilines is 1. The van der Waals surface area contributed by atoms with Crippen LogP contribution < -0.4 is 5.73 Å². The SMILES string of the molecule is Cc1c(C2CC2)nc2c(c1N)CCC2C. The first kappa shape index (κ1) is 9.20. The topological polar surface area (TPSA) is 38.9 Å². The Morgan fingerprint density at radius 1 is 1.20 bits per heavy atom. The number of pyridine rings is 1. The van der Waals surface area contributed by atoms with E-state index in [2.05, 4.69) is 13.8 Å². The molecule has 80 valence electrons. The third-order valence-electron chi connectivity index (χ3n) is 3.92. The molecule has 0 spiro atoms. The van der Waals surface area contributed by atoms with Gasteiger partial charge in [0.2, 0.25) is 0 Å². The standard InChI is InChI=1S/C13H18N2/c1-7-3-6-10-11(14)8(2)13(9-4-5-9)15-12(7)10/h7,9H,3-6H2,1-2H3,(H2,14,15). The third kappa shape index (κ3) is 1.27. The van der Waals surface area contributed by atoms with Crippen molar-refractivity contribution >= 4 is 5.69 Å². The molecule has 0 aliphatic heterocycles. The predicted molar refractivity (Wildman–Crippen MR) is 62.1 cm³/mol. The molecule has 2 N–H and O–H groups in total. The average molecular weight is 202 g/mol. The van der Waals surface area contributed by atoms with Gasteiger partial charge in [0, 0.05) is 23.0 Å². The van der Waals surface area contributed by atoms with Crippen LogP contribution in [0, 0.1) is 6.92 Å². The molecule has 15 heavy (non-hydrogen) atoms. The van der Waals surface area contributed by atoms with Crippen molar-refractivity contribution in [3.63, 3.8) is 0 Å². The zero-order valence-corrected chi connectivity index (χ0v) is 9.51. The minimum Gasteiger partial charge on any atom is -0.398 e. The number of hydrogen-bond acceptors (Lipinski definition) is 2. The van der Waals surface area contributed by atoms with E-state index < -0.39 is 0 Å². The van der Waals surface area contributed by atoms with Crippen LogP contribution in [0.25, 0.3) is 0 Å². The summed E-state index contributed by atoms with van der Waals surface area (Å²) in [6.45, 7) is 4.41. The van der Waals surface area contributed by atoms with Gasteiger partial charge in [0.05, 0.1) is 0 Å². The molecule has 1 aromatic heterocycles. The van der Waals surface area contributed by atoms with Crippen molar-refractivity contribution in [2.24, 2.45) is 0 Å². The first-order chi connectivity index (χ1) is 7.18. The molecule has 1 fully saturated rings. The van der Waals surface area contributed by atoms with Gasteiger partial charge in [-0.25, -0.2) is 0 Å². The minimum absolute atomic E-state index is 0.611. The van der Waals surface area contributed by atoms with Crippen molar-refractivity contribution in [3.05, 3.63) is 22.5 Å². The zero-order chi connectivity index (χ0) is 10.6. The van der Waals surface area contributed by atoms with Crippen molar-refractivity contribution in [3.8, 4) is 0 Å². The maximum Gasteiger partial charge on any atom is 0.0488 e. The molecule has 2 heteroatoms. The Balaban J connectivity index is 2.19. The smallest absolute Gasteiger partial charge is 0.0488 e. The van der Waals surface area contributed by atoms with Crippen LogP contribution in [0.1, 0.15) is 60.5 Å². The molecule has 2 aliphatic carbocycles. The molecule has 1 unspecified atom stereocenters. The van der Waals surface area contributed by atoms with E-state index in [1.54, 1.807) is 0 Å². The van der Waals surface area contributed by atoms with Crippen LogP contribution in [0.4, 0.5) is 5.69 Å². The predicted octanol–water partition coefficient (Wildman–Crippen LogP) is 2.90. The van der Waals surface area contributed by atoms with Crippen molar-refractivity contribution in [2.75, 3.05) is 5.73 Å². The van der Waals surface area contributed by atoms with Gasteiger partial charge in [-0.3, -0.25) is 4.98 Å². The van der Waals surface area contributed by atoms with E-state index in [1.165, 1.54) is 41.8 Å². The lowest BCUT2D eigenvalue weighted by Crippen LogP contribution is -2.05. The second kappa shape index (κ2) is 2.97. The molecule has 0 saturated heterocycles. The number of aromatic nitrogens is 1. The van der Waals surface area contributed by atoms with E-state index in [4.69, 9.17) is 10.7 Å². The van der Waals surface area contributed by atoms with Crippen molar-refractivity contribution < 1.29 is 0 Å². The summed E-state index contributed by atoms with van der Waals surface area (Å²) >= 11 is 0. The van der Waals surface area contributed by atoms with E-state index in [-0.39, 0.29) is 0 Å². The molecule has 1 heterocycles. The van der Waals surface area contributed by atoms with Gasteiger partial charge in [-0.2, -0.15) is 0 Å². The molecule has 1 atom stereocenters. The van der Waals surface area contributed by atoms with Crippen LogP contribution in [-0.4, -0.2) is 4.98 Å². The van der Waals surface area contributed by atoms with E-state index in [0.717, 1.165) is 12.1 Å². The highest BCUT2D eigenvalue weighted by molar-refractivity contribution is 5.59. The minimum atomic E-state index is 0.611. The van der Waals surface area contributed by atoms with Gasteiger partial charge in [-0.15, -0.1) is 0 Å². The van der Waals surface area contributed by atoms with Gasteiger partial charge in [-0.05, 0) is 49.7 Å². The molecule has 1 aromatic rings. The molecular formula is C13H18N2. The number of nitrogen functional groups attached to an aromatic ring is 1. The Labute approximate surface area is 90.9 Å². The molecule has 3 rings (SSSR count). The fourth-order valence-corrected chi connectivity index (χ4v) is 2.71. The van der Waals surface area contributed by atoms with Gasteiger partial charge in [-0.1, -0.05) is 6.92 Å². The number of nitrogens with two attached hydrogens (primary N) is 1. The Morgan fingerprint density at radius 2 is 1.93 bits per heavy atom. The van der Waals surface area contributed by atoms with E-state index in [1.807, 2.05) is 0 Å². The number of fused-ring (bicyclic) bond motifs is 1. The fraction of sp³-hybridized carbons (Fsp3) is 0.615. The van der Waals surface area contributed by atoms with Crippen molar-refractivity contribution in [1.82, 2.24) is 4.98 Å². The van der Waals surface area contributed by atoms with Crippen molar-refractivity contribution in [1.29, 1.82) is 0 Å². The van der Waals surface area contributed by atoms with E-state index >= 15 is 0 Å². The summed E-state index contributed by atoms with van der Waals surface area (Å²) < 4.78 is 0. The zero-order valence-electron chi connectivity index (χ0n) is 9.51. The molecule has 0 aromatic carbocycles. The second-order valence-corrected chi connectivity index (χ2v) is 5.11. The molecule has 1 saturated carbocycles. The van der Waals surface area contributed by atoms with Gasteiger partial charge >= 0.3 is 0 Å². The number of nitrogens with zero attached hydrogens (tertiary/aromatic N) is 1. The first-order valence-corrected chi connectivity index (χ1v) is 5.97. The highest BCUT2D eigenvalue weighted by atomic mass is 14.8. The monoisotopic (exact) mass is 202 g/mol. The van der Waals surface area contributed by atoms with E-state index in [9.17, 15) is 0 Å². The maximum absolute atomic E-state index is 6.22. The molecular weight excluding hydrogens is 184 g/mol. The quantitative estimate of drug-likeness (QED) is 0.760. The van der Waals surface area contributed by atoms with Crippen LogP contribution in [0.2, 0.25) is 0 Å². The molecule has 2 aliphatic rings. The van der Waals surface area contributed by atoms with Gasteiger partial charge < -0.3 is 5.73 Å².